The van der Waals surface area contributed by atoms with Crippen molar-refractivity contribution in [3.63, 3.8) is 0 Å². The lowest BCUT2D eigenvalue weighted by atomic mass is 10.0. The molecule has 0 saturated heterocycles. The molecule has 0 aliphatic rings. The van der Waals surface area contributed by atoms with E-state index in [9.17, 15) is 43.2 Å². The van der Waals surface area contributed by atoms with Crippen molar-refractivity contribution in [3.05, 3.63) is 0 Å². The van der Waals surface area contributed by atoms with Gasteiger partial charge in [0.05, 0.1) is 26.4 Å². The second kappa shape index (κ2) is 53.8. The SMILES string of the molecule is CCCCCCCCCCCCCCCCC(=O)O[C@H](COC(=O)CCCCCCCCCCCC(C)C)COP(=O)(O)OC[C@@H](O)COP(=O)(O)OC[C@@H](COC(=O)CCCCCCC)OC(=O)CCCCCCCCC(C)C. The summed E-state index contributed by atoms with van der Waals surface area (Å²) in [5, 5.41) is 10.5. The molecule has 2 unspecified atom stereocenters. The quantitative estimate of drug-likeness (QED) is 0.0222. The molecule has 0 aliphatic carbocycles. The Kier molecular flexibility index (Phi) is 52.5. The molecule has 0 saturated carbocycles. The van der Waals surface area contributed by atoms with E-state index in [1.165, 1.54) is 109 Å². The van der Waals surface area contributed by atoms with Crippen molar-refractivity contribution in [2.45, 2.75) is 317 Å². The van der Waals surface area contributed by atoms with Crippen LogP contribution in [0.25, 0.3) is 0 Å². The number of esters is 4. The fourth-order valence-corrected chi connectivity index (χ4v) is 10.6. The van der Waals surface area contributed by atoms with E-state index in [0.29, 0.717) is 31.6 Å². The molecule has 474 valence electrons. The zero-order valence-corrected chi connectivity index (χ0v) is 53.2. The number of hydrogen-bond donors (Lipinski definition) is 3. The van der Waals surface area contributed by atoms with Gasteiger partial charge in [-0.15, -0.1) is 0 Å². The van der Waals surface area contributed by atoms with Crippen LogP contribution in [-0.4, -0.2) is 96.7 Å². The first-order chi connectivity index (χ1) is 38.4. The highest BCUT2D eigenvalue weighted by molar-refractivity contribution is 7.47. The van der Waals surface area contributed by atoms with E-state index in [4.69, 9.17) is 37.0 Å². The molecule has 0 heterocycles. The molecule has 0 aromatic rings. The average molecular weight is 1190 g/mol. The van der Waals surface area contributed by atoms with Gasteiger partial charge in [-0.25, -0.2) is 9.13 Å². The minimum absolute atomic E-state index is 0.101. The van der Waals surface area contributed by atoms with Crippen LogP contribution in [0.1, 0.15) is 298 Å². The Labute approximate surface area is 486 Å². The number of phosphoric ester groups is 2. The molecular weight excluding hydrogens is 1070 g/mol. The summed E-state index contributed by atoms with van der Waals surface area (Å²) in [5.74, 6) is -0.738. The molecule has 5 atom stereocenters. The summed E-state index contributed by atoms with van der Waals surface area (Å²) in [4.78, 5) is 71.8. The van der Waals surface area contributed by atoms with Crippen LogP contribution in [0, 0.1) is 11.8 Å². The Bertz CT molecular complexity index is 1580. The molecule has 0 aromatic carbocycles. The summed E-state index contributed by atoms with van der Waals surface area (Å²) in [6, 6.07) is 0. The van der Waals surface area contributed by atoms with Gasteiger partial charge in [0.1, 0.15) is 19.3 Å². The predicted octanol–water partition coefficient (Wildman–Crippen LogP) is 16.5. The van der Waals surface area contributed by atoms with Crippen molar-refractivity contribution in [3.8, 4) is 0 Å². The standard InChI is InChI=1S/C61H118O17P2/c1-7-9-11-13-14-15-16-17-18-19-22-26-33-39-45-60(65)77-57(50-72-59(64)44-38-32-25-23-20-21-24-30-35-41-53(3)4)52-76-80(69,70)74-48-55(62)47-73-79(67,68)75-51-56(49-71-58(63)43-37-29-12-10-8-2)78-61(66)46-40-34-28-27-31-36-42-54(5)6/h53-57,62H,7-52H2,1-6H3,(H,67,68)(H,69,70)/t55-,56+,57+/m0/s1. The molecule has 3 N–H and O–H groups in total. The van der Waals surface area contributed by atoms with Gasteiger partial charge in [0, 0.05) is 25.7 Å². The van der Waals surface area contributed by atoms with Crippen molar-refractivity contribution in [1.82, 2.24) is 0 Å². The first-order valence-electron chi connectivity index (χ1n) is 32.0. The number of unbranched alkanes of at least 4 members (excludes halogenated alkanes) is 30. The number of ether oxygens (including phenoxy) is 4. The Morgan fingerprint density at radius 1 is 0.338 bits per heavy atom. The minimum Gasteiger partial charge on any atom is -0.462 e. The Hall–Kier alpha value is -1.94. The third kappa shape index (κ3) is 55.3. The summed E-state index contributed by atoms with van der Waals surface area (Å²) >= 11 is 0. The van der Waals surface area contributed by atoms with Gasteiger partial charge in [0.25, 0.3) is 0 Å². The second-order valence-electron chi connectivity index (χ2n) is 23.0. The van der Waals surface area contributed by atoms with Crippen molar-refractivity contribution < 1.29 is 80.2 Å². The molecule has 19 heteroatoms. The van der Waals surface area contributed by atoms with E-state index >= 15 is 0 Å². The summed E-state index contributed by atoms with van der Waals surface area (Å²) in [5.41, 5.74) is 0. The van der Waals surface area contributed by atoms with Crippen LogP contribution >= 0.6 is 15.6 Å². The Balaban J connectivity index is 5.18. The van der Waals surface area contributed by atoms with E-state index in [1.54, 1.807) is 0 Å². The third-order valence-corrected chi connectivity index (χ3v) is 15.9. The summed E-state index contributed by atoms with van der Waals surface area (Å²) in [6.45, 7) is 9.27. The van der Waals surface area contributed by atoms with E-state index in [0.717, 1.165) is 102 Å². The molecule has 0 amide bonds. The van der Waals surface area contributed by atoms with Gasteiger partial charge in [0.15, 0.2) is 12.2 Å². The van der Waals surface area contributed by atoms with Gasteiger partial charge in [-0.05, 0) is 37.5 Å². The molecule has 0 bridgehead atoms. The minimum atomic E-state index is -4.94. The van der Waals surface area contributed by atoms with E-state index in [1.807, 2.05) is 0 Å². The average Bonchev–Trinajstić information content (AvgIpc) is 3.41. The van der Waals surface area contributed by atoms with Crippen molar-refractivity contribution in [2.75, 3.05) is 39.6 Å². The molecule has 0 aliphatic heterocycles. The maximum Gasteiger partial charge on any atom is 0.472 e. The topological polar surface area (TPSA) is 237 Å². The second-order valence-corrected chi connectivity index (χ2v) is 25.9. The van der Waals surface area contributed by atoms with Gasteiger partial charge in [0.2, 0.25) is 0 Å². The van der Waals surface area contributed by atoms with Crippen LogP contribution in [0.15, 0.2) is 0 Å². The summed E-state index contributed by atoms with van der Waals surface area (Å²) in [6.07, 6.45) is 35.3. The molecule has 17 nitrogen and oxygen atoms in total. The normalized spacial score (nSPS) is 14.4. The van der Waals surface area contributed by atoms with Gasteiger partial charge in [-0.1, -0.05) is 247 Å². The third-order valence-electron chi connectivity index (χ3n) is 14.0. The first-order valence-corrected chi connectivity index (χ1v) is 35.0. The maximum absolute atomic E-state index is 12.9. The Morgan fingerprint density at radius 2 is 0.575 bits per heavy atom. The fraction of sp³-hybridized carbons (Fsp3) is 0.934. The van der Waals surface area contributed by atoms with Crippen LogP contribution in [0.3, 0.4) is 0 Å². The summed E-state index contributed by atoms with van der Waals surface area (Å²) in [7, 11) is -9.87. The molecule has 80 heavy (non-hydrogen) atoms. The zero-order chi connectivity index (χ0) is 59.4. The van der Waals surface area contributed by atoms with Crippen molar-refractivity contribution >= 4 is 39.5 Å². The lowest BCUT2D eigenvalue weighted by molar-refractivity contribution is -0.161. The fourth-order valence-electron chi connectivity index (χ4n) is 9.00. The summed E-state index contributed by atoms with van der Waals surface area (Å²) < 4.78 is 67.7. The monoisotopic (exact) mass is 1180 g/mol. The maximum atomic E-state index is 12.9. The van der Waals surface area contributed by atoms with Gasteiger partial charge in [-0.3, -0.25) is 37.3 Å². The van der Waals surface area contributed by atoms with Crippen molar-refractivity contribution in [2.24, 2.45) is 11.8 Å². The van der Waals surface area contributed by atoms with Gasteiger partial charge < -0.3 is 33.8 Å². The van der Waals surface area contributed by atoms with E-state index in [2.05, 4.69) is 41.5 Å². The number of aliphatic hydroxyl groups excluding tert-OH is 1. The first kappa shape index (κ1) is 78.1. The lowest BCUT2D eigenvalue weighted by Crippen LogP contribution is -2.30. The number of hydrogen-bond acceptors (Lipinski definition) is 15. The number of aliphatic hydroxyl groups is 1. The smallest absolute Gasteiger partial charge is 0.462 e. The van der Waals surface area contributed by atoms with Gasteiger partial charge >= 0.3 is 39.5 Å². The Morgan fingerprint density at radius 3 is 0.850 bits per heavy atom. The van der Waals surface area contributed by atoms with Crippen LogP contribution in [0.4, 0.5) is 0 Å². The molecular formula is C61H118O17P2. The van der Waals surface area contributed by atoms with Crippen LogP contribution in [-0.2, 0) is 65.4 Å². The highest BCUT2D eigenvalue weighted by atomic mass is 31.2. The molecule has 0 fully saturated rings. The zero-order valence-electron chi connectivity index (χ0n) is 51.4. The van der Waals surface area contributed by atoms with E-state index < -0.39 is 97.5 Å². The number of rotatable bonds is 60. The van der Waals surface area contributed by atoms with Crippen LogP contribution in [0.2, 0.25) is 0 Å². The largest absolute Gasteiger partial charge is 0.472 e. The molecule has 0 spiro atoms. The van der Waals surface area contributed by atoms with Crippen molar-refractivity contribution in [1.29, 1.82) is 0 Å². The molecule has 0 aromatic heterocycles. The van der Waals surface area contributed by atoms with E-state index in [-0.39, 0.29) is 25.7 Å². The molecule has 0 rings (SSSR count). The number of phosphoric acid groups is 2. The highest BCUT2D eigenvalue weighted by Crippen LogP contribution is 2.45. The van der Waals surface area contributed by atoms with Gasteiger partial charge in [-0.2, -0.15) is 0 Å². The van der Waals surface area contributed by atoms with Crippen LogP contribution in [0.5, 0.6) is 0 Å². The number of carbonyl (C=O) groups excluding carboxylic acids is 4. The number of carbonyl (C=O) groups is 4. The molecule has 0 radical (unpaired) electrons. The van der Waals surface area contributed by atoms with Crippen LogP contribution < -0.4 is 0 Å². The highest BCUT2D eigenvalue weighted by Gasteiger charge is 2.30. The predicted molar refractivity (Wildman–Crippen MR) is 317 cm³/mol. The lowest BCUT2D eigenvalue weighted by Gasteiger charge is -2.21.